The number of aromatic nitrogens is 4. The van der Waals surface area contributed by atoms with Crippen molar-refractivity contribution in [3.63, 3.8) is 0 Å². The van der Waals surface area contributed by atoms with Crippen molar-refractivity contribution < 1.29 is 4.79 Å². The molecule has 6 nitrogen and oxygen atoms in total. The van der Waals surface area contributed by atoms with E-state index >= 15 is 0 Å². The van der Waals surface area contributed by atoms with Crippen molar-refractivity contribution in [2.45, 2.75) is 18.8 Å². The molecular weight excluding hydrogens is 218 g/mol. The first kappa shape index (κ1) is 9.95. The van der Waals surface area contributed by atoms with Crippen molar-refractivity contribution in [1.82, 2.24) is 19.9 Å². The van der Waals surface area contributed by atoms with E-state index in [-0.39, 0.29) is 5.82 Å². The van der Waals surface area contributed by atoms with Gasteiger partial charge in [0, 0.05) is 24.2 Å². The summed E-state index contributed by atoms with van der Waals surface area (Å²) < 4.78 is 0. The molecule has 0 spiro atoms. The lowest BCUT2D eigenvalue weighted by Crippen LogP contribution is -2.16. The molecule has 2 heterocycles. The predicted octanol–water partition coefficient (Wildman–Crippen LogP) is 0.843. The molecule has 2 aromatic heterocycles. The van der Waals surface area contributed by atoms with Crippen LogP contribution in [0.5, 0.6) is 0 Å². The van der Waals surface area contributed by atoms with Gasteiger partial charge >= 0.3 is 0 Å². The fraction of sp³-hybridized carbons (Fsp3) is 0.273. The zero-order valence-corrected chi connectivity index (χ0v) is 9.05. The van der Waals surface area contributed by atoms with Crippen LogP contribution < -0.4 is 5.73 Å². The van der Waals surface area contributed by atoms with Gasteiger partial charge in [0.05, 0.1) is 0 Å². The molecule has 86 valence electrons. The maximum absolute atomic E-state index is 11.1. The van der Waals surface area contributed by atoms with E-state index in [0.717, 1.165) is 18.4 Å². The van der Waals surface area contributed by atoms with Crippen molar-refractivity contribution in [1.29, 1.82) is 0 Å². The topological polar surface area (TPSA) is 97.5 Å². The number of amides is 1. The van der Waals surface area contributed by atoms with Crippen LogP contribution in [0.3, 0.4) is 0 Å². The quantitative estimate of drug-likeness (QED) is 0.814. The van der Waals surface area contributed by atoms with E-state index in [2.05, 4.69) is 19.9 Å². The highest BCUT2D eigenvalue weighted by molar-refractivity contribution is 5.89. The molecule has 17 heavy (non-hydrogen) atoms. The molecule has 0 aliphatic heterocycles. The van der Waals surface area contributed by atoms with E-state index < -0.39 is 5.91 Å². The molecule has 0 unspecified atom stereocenters. The van der Waals surface area contributed by atoms with Crippen LogP contribution in [0.15, 0.2) is 18.6 Å². The van der Waals surface area contributed by atoms with Gasteiger partial charge in [-0.3, -0.25) is 4.79 Å². The van der Waals surface area contributed by atoms with Crippen LogP contribution >= 0.6 is 0 Å². The number of hydrogen-bond donors (Lipinski definition) is 2. The second-order valence-corrected chi connectivity index (χ2v) is 4.07. The maximum Gasteiger partial charge on any atom is 0.286 e. The van der Waals surface area contributed by atoms with E-state index in [9.17, 15) is 4.79 Å². The van der Waals surface area contributed by atoms with Gasteiger partial charge in [0.15, 0.2) is 5.82 Å². The summed E-state index contributed by atoms with van der Waals surface area (Å²) in [5.74, 6) is 0.537. The zero-order valence-electron chi connectivity index (χ0n) is 9.05. The van der Waals surface area contributed by atoms with Gasteiger partial charge in [0.1, 0.15) is 5.69 Å². The molecule has 0 bridgehead atoms. The lowest BCUT2D eigenvalue weighted by Gasteiger charge is -2.05. The Labute approximate surface area is 97.3 Å². The third kappa shape index (κ3) is 1.77. The van der Waals surface area contributed by atoms with Crippen LogP contribution in [0.25, 0.3) is 11.5 Å². The fourth-order valence-corrected chi connectivity index (χ4v) is 1.79. The minimum Gasteiger partial charge on any atom is -0.363 e. The Hall–Kier alpha value is -2.24. The molecule has 0 atom stereocenters. The Bertz CT molecular complexity index is 559. The highest BCUT2D eigenvalue weighted by Crippen LogP contribution is 2.42. The smallest absolute Gasteiger partial charge is 0.286 e. The van der Waals surface area contributed by atoms with Gasteiger partial charge in [-0.1, -0.05) is 0 Å². The summed E-state index contributed by atoms with van der Waals surface area (Å²) in [7, 11) is 0. The number of carbonyl (C=O) groups is 1. The van der Waals surface area contributed by atoms with E-state index in [1.165, 1.54) is 0 Å². The number of primary amides is 1. The number of aromatic amines is 1. The van der Waals surface area contributed by atoms with Gasteiger partial charge in [-0.05, 0) is 18.8 Å². The molecule has 0 aromatic carbocycles. The number of carbonyl (C=O) groups excluding carboxylic acids is 1. The average molecular weight is 229 g/mol. The van der Waals surface area contributed by atoms with E-state index in [4.69, 9.17) is 5.73 Å². The summed E-state index contributed by atoms with van der Waals surface area (Å²) in [6.07, 6.45) is 7.32. The average Bonchev–Trinajstić information content (AvgIpc) is 3.03. The number of nitrogens with two attached hydrogens (primary N) is 1. The Morgan fingerprint density at radius 3 is 2.82 bits per heavy atom. The van der Waals surface area contributed by atoms with E-state index in [1.54, 1.807) is 18.6 Å². The largest absolute Gasteiger partial charge is 0.363 e. The Balaban J connectivity index is 2.14. The summed E-state index contributed by atoms with van der Waals surface area (Å²) in [5, 5.41) is 0. The van der Waals surface area contributed by atoms with Crippen molar-refractivity contribution in [2.75, 3.05) is 0 Å². The molecule has 3 N–H and O–H groups in total. The highest BCUT2D eigenvalue weighted by atomic mass is 16.1. The second-order valence-electron chi connectivity index (χ2n) is 4.07. The van der Waals surface area contributed by atoms with Crippen LogP contribution in [0.1, 0.15) is 34.9 Å². The highest BCUT2D eigenvalue weighted by Gasteiger charge is 2.29. The summed E-state index contributed by atoms with van der Waals surface area (Å²) >= 11 is 0. The number of imidazole rings is 1. The van der Waals surface area contributed by atoms with Crippen molar-refractivity contribution in [3.05, 3.63) is 30.0 Å². The van der Waals surface area contributed by atoms with Crippen LogP contribution in [0, 0.1) is 0 Å². The van der Waals surface area contributed by atoms with Gasteiger partial charge in [-0.25, -0.2) is 15.0 Å². The minimum atomic E-state index is -0.625. The number of hydrogen-bond acceptors (Lipinski definition) is 4. The fourth-order valence-electron chi connectivity index (χ4n) is 1.79. The molecule has 1 amide bonds. The molecule has 1 aliphatic rings. The van der Waals surface area contributed by atoms with Gasteiger partial charge in [0.25, 0.3) is 5.91 Å². The summed E-state index contributed by atoms with van der Waals surface area (Å²) in [6, 6.07) is 0. The first-order valence-corrected chi connectivity index (χ1v) is 5.42. The van der Waals surface area contributed by atoms with Gasteiger partial charge in [-0.15, -0.1) is 0 Å². The molecule has 1 saturated carbocycles. The zero-order chi connectivity index (χ0) is 11.8. The molecule has 1 aliphatic carbocycles. The maximum atomic E-state index is 11.1. The summed E-state index contributed by atoms with van der Waals surface area (Å²) in [4.78, 5) is 26.4. The molecule has 6 heteroatoms. The third-order valence-corrected chi connectivity index (χ3v) is 2.78. The van der Waals surface area contributed by atoms with Crippen LogP contribution in [-0.4, -0.2) is 25.8 Å². The molecule has 3 rings (SSSR count). The van der Waals surface area contributed by atoms with Crippen molar-refractivity contribution in [3.8, 4) is 11.5 Å². The van der Waals surface area contributed by atoms with Crippen molar-refractivity contribution in [2.24, 2.45) is 5.73 Å². The Morgan fingerprint density at radius 2 is 2.24 bits per heavy atom. The molecule has 2 aromatic rings. The van der Waals surface area contributed by atoms with Gasteiger partial charge < -0.3 is 10.7 Å². The lowest BCUT2D eigenvalue weighted by molar-refractivity contribution is 0.0990. The van der Waals surface area contributed by atoms with Crippen molar-refractivity contribution >= 4 is 5.91 Å². The number of nitrogens with one attached hydrogen (secondary N) is 1. The van der Waals surface area contributed by atoms with Gasteiger partial charge in [0.2, 0.25) is 5.82 Å². The molecule has 1 fully saturated rings. The van der Waals surface area contributed by atoms with E-state index in [0.29, 0.717) is 17.4 Å². The number of nitrogens with zero attached hydrogens (tertiary/aromatic N) is 3. The molecule has 0 radical (unpaired) electrons. The Kier molecular flexibility index (Phi) is 2.14. The number of H-pyrrole nitrogens is 1. The SMILES string of the molecule is NC(=O)c1ncc(C2CC2)c(-c2ncc[nH]2)n1. The minimum absolute atomic E-state index is 0.0285. The number of rotatable bonds is 3. The first-order valence-electron chi connectivity index (χ1n) is 5.42. The van der Waals surface area contributed by atoms with E-state index in [1.807, 2.05) is 0 Å². The first-order chi connectivity index (χ1) is 8.25. The normalized spacial score (nSPS) is 14.8. The standard InChI is InChI=1S/C11H11N5O/c12-9(17)11-15-5-7(6-1-2-6)8(16-11)10-13-3-4-14-10/h3-6H,1-2H2,(H2,12,17)(H,13,14). The predicted molar refractivity (Wildman–Crippen MR) is 60.1 cm³/mol. The molecular formula is C11H11N5O. The second kappa shape index (κ2) is 3.65. The monoisotopic (exact) mass is 229 g/mol. The lowest BCUT2D eigenvalue weighted by atomic mass is 10.1. The van der Waals surface area contributed by atoms with Crippen LogP contribution in [0.2, 0.25) is 0 Å². The summed E-state index contributed by atoms with van der Waals surface area (Å²) in [6.45, 7) is 0. The third-order valence-electron chi connectivity index (χ3n) is 2.78. The van der Waals surface area contributed by atoms with Gasteiger partial charge in [-0.2, -0.15) is 0 Å². The van der Waals surface area contributed by atoms with Crippen LogP contribution in [-0.2, 0) is 0 Å². The Morgan fingerprint density at radius 1 is 1.41 bits per heavy atom. The van der Waals surface area contributed by atoms with Crippen LogP contribution in [0.4, 0.5) is 0 Å². The summed E-state index contributed by atoms with van der Waals surface area (Å²) in [5.41, 5.74) is 6.90. The molecule has 0 saturated heterocycles.